The minimum atomic E-state index is -4.49. The lowest BCUT2D eigenvalue weighted by atomic mass is 10.1. The fourth-order valence-electron chi connectivity index (χ4n) is 3.91. The van der Waals surface area contributed by atoms with Gasteiger partial charge in [0, 0.05) is 25.3 Å². The van der Waals surface area contributed by atoms with Crippen molar-refractivity contribution in [2.45, 2.75) is 69.9 Å². The Morgan fingerprint density at radius 3 is 2.53 bits per heavy atom. The van der Waals surface area contributed by atoms with Gasteiger partial charge in [0.1, 0.15) is 23.5 Å². The summed E-state index contributed by atoms with van der Waals surface area (Å²) in [4.78, 5) is 32.6. The van der Waals surface area contributed by atoms with Crippen LogP contribution < -0.4 is 5.32 Å². The molecular weight excluding hydrogens is 427 g/mol. The van der Waals surface area contributed by atoms with Crippen molar-refractivity contribution in [2.75, 3.05) is 18.4 Å². The van der Waals surface area contributed by atoms with Gasteiger partial charge in [0.15, 0.2) is 0 Å². The third kappa shape index (κ3) is 5.41. The second-order valence-electron chi connectivity index (χ2n) is 8.97. The number of nitrogens with one attached hydrogen (secondary N) is 1. The van der Waals surface area contributed by atoms with E-state index in [2.05, 4.69) is 16.4 Å². The molecule has 32 heavy (non-hydrogen) atoms. The number of aromatic nitrogens is 1. The molecule has 174 valence electrons. The summed E-state index contributed by atoms with van der Waals surface area (Å²) < 4.78 is 43.7. The number of nitrogens with zero attached hydrogens (tertiary/aromatic N) is 4. The summed E-state index contributed by atoms with van der Waals surface area (Å²) in [5.74, 6) is -0.124. The highest BCUT2D eigenvalue weighted by Crippen LogP contribution is 2.30. The Morgan fingerprint density at radius 2 is 1.97 bits per heavy atom. The molecule has 0 radical (unpaired) electrons. The Labute approximate surface area is 184 Å². The summed E-state index contributed by atoms with van der Waals surface area (Å²) in [5.41, 5.74) is -1.64. The van der Waals surface area contributed by atoms with E-state index in [1.54, 1.807) is 20.8 Å². The number of pyridine rings is 1. The SMILES string of the molecule is CC(C)(C)OC(=O)N1C[C@@H](Nc2ccc(C(F)(F)F)cn2)C[C@H]1C(=O)N1CCCC1C#N. The first kappa shape index (κ1) is 23.6. The second-order valence-corrected chi connectivity index (χ2v) is 8.97. The number of amides is 2. The average Bonchev–Trinajstić information content (AvgIpc) is 3.33. The number of carbonyl (C=O) groups excluding carboxylic acids is 2. The molecule has 0 bridgehead atoms. The molecule has 0 spiro atoms. The molecule has 11 heteroatoms. The Morgan fingerprint density at radius 1 is 1.25 bits per heavy atom. The first-order valence-electron chi connectivity index (χ1n) is 10.4. The summed E-state index contributed by atoms with van der Waals surface area (Å²) >= 11 is 0. The fourth-order valence-corrected chi connectivity index (χ4v) is 3.91. The molecule has 0 saturated carbocycles. The molecule has 1 aromatic heterocycles. The third-order valence-electron chi connectivity index (χ3n) is 5.34. The van der Waals surface area contributed by atoms with Crippen molar-refractivity contribution >= 4 is 17.8 Å². The van der Waals surface area contributed by atoms with Gasteiger partial charge in [-0.1, -0.05) is 0 Å². The van der Waals surface area contributed by atoms with Crippen LogP contribution in [0.25, 0.3) is 0 Å². The van der Waals surface area contributed by atoms with Crippen LogP contribution in [0.3, 0.4) is 0 Å². The average molecular weight is 453 g/mol. The normalized spacial score (nSPS) is 23.7. The van der Waals surface area contributed by atoms with Crippen LogP contribution in [0.1, 0.15) is 45.6 Å². The molecule has 3 heterocycles. The maximum atomic E-state index is 13.2. The number of nitriles is 1. The smallest absolute Gasteiger partial charge is 0.417 e. The van der Waals surface area contributed by atoms with Gasteiger partial charge >= 0.3 is 12.3 Å². The van der Waals surface area contributed by atoms with E-state index in [9.17, 15) is 28.0 Å². The van der Waals surface area contributed by atoms with Crippen LogP contribution in [-0.2, 0) is 15.7 Å². The molecule has 1 unspecified atom stereocenters. The van der Waals surface area contributed by atoms with Gasteiger partial charge in [-0.15, -0.1) is 0 Å². The third-order valence-corrected chi connectivity index (χ3v) is 5.34. The highest BCUT2D eigenvalue weighted by Gasteiger charge is 2.45. The zero-order valence-electron chi connectivity index (χ0n) is 18.1. The zero-order chi connectivity index (χ0) is 23.7. The first-order chi connectivity index (χ1) is 14.9. The number of alkyl halides is 3. The largest absolute Gasteiger partial charge is 0.444 e. The van der Waals surface area contributed by atoms with Gasteiger partial charge in [-0.2, -0.15) is 18.4 Å². The van der Waals surface area contributed by atoms with E-state index < -0.39 is 41.6 Å². The molecular formula is C21H26F3N5O3. The number of ether oxygens (including phenoxy) is 1. The summed E-state index contributed by atoms with van der Waals surface area (Å²) in [7, 11) is 0. The van der Waals surface area contributed by atoms with Crippen molar-refractivity contribution in [3.63, 3.8) is 0 Å². The topological polar surface area (TPSA) is 98.6 Å². The van der Waals surface area contributed by atoms with Crippen molar-refractivity contribution < 1.29 is 27.5 Å². The number of hydrogen-bond donors (Lipinski definition) is 1. The van der Waals surface area contributed by atoms with Crippen LogP contribution in [0.2, 0.25) is 0 Å². The maximum Gasteiger partial charge on any atom is 0.417 e. The Kier molecular flexibility index (Phi) is 6.53. The van der Waals surface area contributed by atoms with E-state index in [0.29, 0.717) is 19.4 Å². The van der Waals surface area contributed by atoms with Crippen LogP contribution in [0.15, 0.2) is 18.3 Å². The predicted molar refractivity (Wildman–Crippen MR) is 108 cm³/mol. The molecule has 8 nitrogen and oxygen atoms in total. The minimum Gasteiger partial charge on any atom is -0.444 e. The van der Waals surface area contributed by atoms with Crippen molar-refractivity contribution in [1.82, 2.24) is 14.8 Å². The Balaban J connectivity index is 1.77. The Bertz CT molecular complexity index is 892. The van der Waals surface area contributed by atoms with Gasteiger partial charge in [0.2, 0.25) is 5.91 Å². The summed E-state index contributed by atoms with van der Waals surface area (Å²) in [6.07, 6.45) is -2.91. The number of hydrogen-bond acceptors (Lipinski definition) is 6. The lowest BCUT2D eigenvalue weighted by molar-refractivity contribution is -0.138. The summed E-state index contributed by atoms with van der Waals surface area (Å²) in [6, 6.07) is 2.44. The molecule has 1 aromatic rings. The molecule has 2 amide bonds. The molecule has 2 fully saturated rings. The standard InChI is InChI=1S/C21H26F3N5O3/c1-20(2,3)32-19(31)29-12-14(27-17-7-6-13(11-26-17)21(22,23)24)9-16(29)18(30)28-8-4-5-15(28)10-25/h6-7,11,14-16H,4-5,8-9,12H2,1-3H3,(H,26,27)/t14-,15?,16-/m0/s1. The van der Waals surface area contributed by atoms with Crippen LogP contribution in [-0.4, -0.2) is 63.6 Å². The highest BCUT2D eigenvalue weighted by atomic mass is 19.4. The fraction of sp³-hybridized carbons (Fsp3) is 0.619. The molecule has 3 rings (SSSR count). The van der Waals surface area contributed by atoms with Gasteiger partial charge in [-0.3, -0.25) is 9.69 Å². The monoisotopic (exact) mass is 453 g/mol. The highest BCUT2D eigenvalue weighted by molar-refractivity contribution is 5.87. The quantitative estimate of drug-likeness (QED) is 0.753. The number of likely N-dealkylation sites (tertiary alicyclic amines) is 2. The molecule has 2 saturated heterocycles. The number of rotatable bonds is 3. The lowest BCUT2D eigenvalue weighted by Gasteiger charge is -2.30. The van der Waals surface area contributed by atoms with Crippen LogP contribution in [0.5, 0.6) is 0 Å². The molecule has 3 atom stereocenters. The van der Waals surface area contributed by atoms with Crippen LogP contribution >= 0.6 is 0 Å². The van der Waals surface area contributed by atoms with Gasteiger partial charge in [0.25, 0.3) is 0 Å². The maximum absolute atomic E-state index is 13.2. The lowest BCUT2D eigenvalue weighted by Crippen LogP contribution is -2.50. The molecule has 2 aliphatic rings. The van der Waals surface area contributed by atoms with Gasteiger partial charge in [-0.05, 0) is 52.2 Å². The van der Waals surface area contributed by atoms with Crippen molar-refractivity contribution in [1.29, 1.82) is 5.26 Å². The number of anilines is 1. The van der Waals surface area contributed by atoms with Crippen LogP contribution in [0, 0.1) is 11.3 Å². The van der Waals surface area contributed by atoms with Gasteiger partial charge < -0.3 is 15.0 Å². The second kappa shape index (κ2) is 8.84. The van der Waals surface area contributed by atoms with Crippen molar-refractivity contribution in [2.24, 2.45) is 0 Å². The zero-order valence-corrected chi connectivity index (χ0v) is 18.1. The van der Waals surface area contributed by atoms with E-state index in [4.69, 9.17) is 4.74 Å². The molecule has 2 aliphatic heterocycles. The van der Waals surface area contributed by atoms with E-state index >= 15 is 0 Å². The first-order valence-corrected chi connectivity index (χ1v) is 10.4. The van der Waals surface area contributed by atoms with E-state index in [-0.39, 0.29) is 24.7 Å². The molecule has 0 aliphatic carbocycles. The molecule has 1 N–H and O–H groups in total. The van der Waals surface area contributed by atoms with E-state index in [0.717, 1.165) is 12.3 Å². The minimum absolute atomic E-state index is 0.110. The van der Waals surface area contributed by atoms with Gasteiger partial charge in [-0.25, -0.2) is 9.78 Å². The van der Waals surface area contributed by atoms with Crippen molar-refractivity contribution in [3.05, 3.63) is 23.9 Å². The number of halogens is 3. The number of carbonyl (C=O) groups is 2. The summed E-state index contributed by atoms with van der Waals surface area (Å²) in [5, 5.41) is 12.3. The Hall–Kier alpha value is -3.03. The van der Waals surface area contributed by atoms with Crippen molar-refractivity contribution in [3.8, 4) is 6.07 Å². The van der Waals surface area contributed by atoms with Gasteiger partial charge in [0.05, 0.1) is 11.6 Å². The van der Waals surface area contributed by atoms with E-state index in [1.165, 1.54) is 15.9 Å². The predicted octanol–water partition coefficient (Wildman–Crippen LogP) is 3.40. The summed E-state index contributed by atoms with van der Waals surface area (Å²) in [6.45, 7) is 5.69. The van der Waals surface area contributed by atoms with E-state index in [1.807, 2.05) is 0 Å². The van der Waals surface area contributed by atoms with Crippen LogP contribution in [0.4, 0.5) is 23.8 Å². The molecule has 0 aromatic carbocycles.